The molecule has 0 aromatic carbocycles. The van der Waals surface area contributed by atoms with Crippen LogP contribution in [0.3, 0.4) is 0 Å². The van der Waals surface area contributed by atoms with E-state index in [9.17, 15) is 9.59 Å². The summed E-state index contributed by atoms with van der Waals surface area (Å²) in [6, 6.07) is 3.76. The summed E-state index contributed by atoms with van der Waals surface area (Å²) in [6.45, 7) is 1.98. The maximum atomic E-state index is 11.1. The average Bonchev–Trinajstić information content (AvgIpc) is 2.10. The van der Waals surface area contributed by atoms with E-state index < -0.39 is 11.2 Å². The zero-order chi connectivity index (χ0) is 9.68. The Bertz CT molecular complexity index is 417. The molecule has 0 radical (unpaired) electrons. The number of hydrogen-bond donors (Lipinski definition) is 1. The van der Waals surface area contributed by atoms with Crippen LogP contribution in [0.4, 0.5) is 0 Å². The van der Waals surface area contributed by atoms with Crippen LogP contribution in [-0.2, 0) is 0 Å². The topological polar surface area (TPSA) is 54.9 Å². The molecule has 4 nitrogen and oxygen atoms in total. The third-order valence-corrected chi connectivity index (χ3v) is 1.42. The third kappa shape index (κ3) is 2.34. The van der Waals surface area contributed by atoms with Crippen LogP contribution >= 0.6 is 0 Å². The first-order valence-electron chi connectivity index (χ1n) is 4.05. The lowest BCUT2D eigenvalue weighted by Gasteiger charge is -1.89. The molecule has 4 heteroatoms. The molecule has 0 atom stereocenters. The summed E-state index contributed by atoms with van der Waals surface area (Å²) in [5.41, 5.74) is -0.886. The molecule has 1 heterocycles. The van der Waals surface area contributed by atoms with Crippen LogP contribution in [0.25, 0.3) is 0 Å². The van der Waals surface area contributed by atoms with Gasteiger partial charge in [0, 0.05) is 24.7 Å². The van der Waals surface area contributed by atoms with Crippen molar-refractivity contribution >= 4 is 0 Å². The summed E-state index contributed by atoms with van der Waals surface area (Å²) in [7, 11) is 0. The summed E-state index contributed by atoms with van der Waals surface area (Å²) < 4.78 is 0.871. The fourth-order valence-corrected chi connectivity index (χ4v) is 0.789. The standard InChI is InChI=1S/C9H10N2O2/c1-2-3-4-7-11-8(12)5-6-10-9(11)13/h5-6H,2-3H2,1H3,(H,10,13). The Morgan fingerprint density at radius 1 is 1.54 bits per heavy atom. The van der Waals surface area contributed by atoms with Gasteiger partial charge in [-0.2, -0.15) is 4.57 Å². The minimum atomic E-state index is -0.490. The maximum Gasteiger partial charge on any atom is 0.340 e. The van der Waals surface area contributed by atoms with Crippen molar-refractivity contribution < 1.29 is 0 Å². The Labute approximate surface area is 75.2 Å². The molecule has 0 unspecified atom stereocenters. The van der Waals surface area contributed by atoms with Gasteiger partial charge in [0.25, 0.3) is 5.56 Å². The van der Waals surface area contributed by atoms with Crippen molar-refractivity contribution in [2.24, 2.45) is 0 Å². The van der Waals surface area contributed by atoms with Crippen molar-refractivity contribution in [1.29, 1.82) is 0 Å². The van der Waals surface area contributed by atoms with E-state index in [0.29, 0.717) is 6.42 Å². The second kappa shape index (κ2) is 4.31. The Balaban J connectivity index is 3.10. The van der Waals surface area contributed by atoms with Gasteiger partial charge in [0.15, 0.2) is 0 Å². The molecular formula is C9H10N2O2. The van der Waals surface area contributed by atoms with Crippen molar-refractivity contribution in [2.45, 2.75) is 19.8 Å². The largest absolute Gasteiger partial charge is 0.340 e. The van der Waals surface area contributed by atoms with E-state index in [2.05, 4.69) is 16.9 Å². The average molecular weight is 178 g/mol. The summed E-state index contributed by atoms with van der Waals surface area (Å²) in [5.74, 6) is 2.73. The van der Waals surface area contributed by atoms with Crippen molar-refractivity contribution in [3.05, 3.63) is 33.1 Å². The van der Waals surface area contributed by atoms with Gasteiger partial charge >= 0.3 is 5.69 Å². The second-order valence-corrected chi connectivity index (χ2v) is 2.50. The molecular weight excluding hydrogens is 168 g/mol. The molecule has 0 bridgehead atoms. The summed E-state index contributed by atoms with van der Waals surface area (Å²) in [4.78, 5) is 24.5. The molecule has 0 saturated carbocycles. The van der Waals surface area contributed by atoms with Crippen LogP contribution in [0.5, 0.6) is 0 Å². The molecule has 1 aromatic rings. The molecule has 0 saturated heterocycles. The molecule has 0 amide bonds. The quantitative estimate of drug-likeness (QED) is 0.622. The van der Waals surface area contributed by atoms with Gasteiger partial charge < -0.3 is 4.98 Å². The first kappa shape index (κ1) is 9.33. The van der Waals surface area contributed by atoms with Gasteiger partial charge in [0.05, 0.1) is 0 Å². The Kier molecular flexibility index (Phi) is 3.09. The van der Waals surface area contributed by atoms with E-state index in [1.807, 2.05) is 6.92 Å². The van der Waals surface area contributed by atoms with Gasteiger partial charge in [0.1, 0.15) is 0 Å². The maximum absolute atomic E-state index is 11.1. The highest BCUT2D eigenvalue weighted by Gasteiger charge is 1.93. The van der Waals surface area contributed by atoms with Crippen molar-refractivity contribution in [1.82, 2.24) is 9.55 Å². The minimum absolute atomic E-state index is 0.396. The van der Waals surface area contributed by atoms with E-state index >= 15 is 0 Å². The first-order valence-corrected chi connectivity index (χ1v) is 4.05. The fraction of sp³-hybridized carbons (Fsp3) is 0.333. The van der Waals surface area contributed by atoms with E-state index in [1.165, 1.54) is 12.3 Å². The van der Waals surface area contributed by atoms with Gasteiger partial charge in [-0.05, 0) is 6.42 Å². The number of nitrogens with zero attached hydrogens (tertiary/aromatic N) is 1. The lowest BCUT2D eigenvalue weighted by atomic mass is 10.4. The van der Waals surface area contributed by atoms with E-state index in [0.717, 1.165) is 11.0 Å². The third-order valence-electron chi connectivity index (χ3n) is 1.42. The molecule has 0 aliphatic carbocycles. The lowest BCUT2D eigenvalue weighted by Crippen LogP contribution is -2.31. The monoisotopic (exact) mass is 178 g/mol. The molecule has 13 heavy (non-hydrogen) atoms. The summed E-state index contributed by atoms with van der Waals surface area (Å²) >= 11 is 0. The summed E-state index contributed by atoms with van der Waals surface area (Å²) in [5, 5.41) is 0. The highest BCUT2D eigenvalue weighted by molar-refractivity contribution is 5.03. The SMILES string of the molecule is CCCC#Cn1c(=O)cc[nH]c1=O. The van der Waals surface area contributed by atoms with Crippen LogP contribution in [-0.4, -0.2) is 9.55 Å². The molecule has 0 aliphatic heterocycles. The Morgan fingerprint density at radius 3 is 2.92 bits per heavy atom. The zero-order valence-electron chi connectivity index (χ0n) is 7.33. The molecule has 1 N–H and O–H groups in total. The Morgan fingerprint density at radius 2 is 2.31 bits per heavy atom. The molecule has 68 valence electrons. The van der Waals surface area contributed by atoms with Crippen molar-refractivity contribution in [2.75, 3.05) is 0 Å². The summed E-state index contributed by atoms with van der Waals surface area (Å²) in [6.07, 6.45) is 2.90. The number of aromatic nitrogens is 2. The Hall–Kier alpha value is -1.76. The van der Waals surface area contributed by atoms with Crippen LogP contribution in [0.15, 0.2) is 21.9 Å². The van der Waals surface area contributed by atoms with E-state index in [-0.39, 0.29) is 0 Å². The van der Waals surface area contributed by atoms with Gasteiger partial charge in [-0.25, -0.2) is 4.79 Å². The van der Waals surface area contributed by atoms with Crippen LogP contribution in [0.2, 0.25) is 0 Å². The van der Waals surface area contributed by atoms with Crippen molar-refractivity contribution in [3.8, 4) is 12.0 Å². The van der Waals surface area contributed by atoms with Crippen LogP contribution in [0, 0.1) is 12.0 Å². The van der Waals surface area contributed by atoms with Gasteiger partial charge in [-0.15, -0.1) is 0 Å². The molecule has 0 aliphatic rings. The van der Waals surface area contributed by atoms with E-state index in [1.54, 1.807) is 0 Å². The predicted octanol–water partition coefficient (Wildman–Crippen LogP) is 0.146. The highest BCUT2D eigenvalue weighted by atomic mass is 16.2. The normalized spacial score (nSPS) is 9.00. The highest BCUT2D eigenvalue weighted by Crippen LogP contribution is 1.79. The molecule has 1 rings (SSSR count). The number of nitrogens with one attached hydrogen (secondary N) is 1. The first-order chi connectivity index (χ1) is 6.25. The second-order valence-electron chi connectivity index (χ2n) is 2.50. The van der Waals surface area contributed by atoms with Crippen LogP contribution < -0.4 is 11.2 Å². The minimum Gasteiger partial charge on any atom is -0.313 e. The van der Waals surface area contributed by atoms with Gasteiger partial charge in [-0.1, -0.05) is 12.8 Å². The number of unbranched alkanes of at least 4 members (excludes halogenated alkanes) is 1. The number of rotatable bonds is 1. The van der Waals surface area contributed by atoms with Crippen LogP contribution in [0.1, 0.15) is 19.8 Å². The van der Waals surface area contributed by atoms with E-state index in [4.69, 9.17) is 0 Å². The zero-order valence-corrected chi connectivity index (χ0v) is 7.33. The molecule has 0 fully saturated rings. The van der Waals surface area contributed by atoms with Crippen molar-refractivity contribution in [3.63, 3.8) is 0 Å². The number of aromatic amines is 1. The smallest absolute Gasteiger partial charge is 0.313 e. The predicted molar refractivity (Wildman–Crippen MR) is 49.4 cm³/mol. The van der Waals surface area contributed by atoms with Gasteiger partial charge in [-0.3, -0.25) is 4.79 Å². The van der Waals surface area contributed by atoms with Gasteiger partial charge in [0.2, 0.25) is 0 Å². The number of hydrogen-bond acceptors (Lipinski definition) is 2. The lowest BCUT2D eigenvalue weighted by molar-refractivity contribution is 0.898. The fourth-order valence-electron chi connectivity index (χ4n) is 0.789. The molecule has 1 aromatic heterocycles. The number of H-pyrrole nitrogens is 1. The molecule has 0 spiro atoms.